The number of rotatable bonds is 4. The Morgan fingerprint density at radius 3 is 2.56 bits per heavy atom. The molecule has 0 saturated heterocycles. The average Bonchev–Trinajstić information content (AvgIpc) is 3.00. The maximum Gasteiger partial charge on any atom is 0.263 e. The molecule has 1 fully saturated rings. The Morgan fingerprint density at radius 1 is 1.26 bits per heavy atom. The van der Waals surface area contributed by atoms with E-state index in [0.29, 0.717) is 23.5 Å². The number of benzene rings is 1. The van der Waals surface area contributed by atoms with Crippen molar-refractivity contribution in [3.8, 4) is 0 Å². The molecule has 1 saturated carbocycles. The van der Waals surface area contributed by atoms with Crippen LogP contribution in [0.4, 0.5) is 10.3 Å². The van der Waals surface area contributed by atoms with Gasteiger partial charge in [-0.1, -0.05) is 18.6 Å². The molecule has 2 heterocycles. The van der Waals surface area contributed by atoms with Gasteiger partial charge in [0.1, 0.15) is 11.2 Å². The largest absolute Gasteiger partial charge is 0.355 e. The van der Waals surface area contributed by atoms with E-state index in [1.807, 2.05) is 32.9 Å². The number of aromatic amines is 1. The van der Waals surface area contributed by atoms with E-state index >= 15 is 0 Å². The first-order valence-corrected chi connectivity index (χ1v) is 9.27. The maximum atomic E-state index is 13.3. The lowest BCUT2D eigenvalue weighted by atomic mass is 9.64. The van der Waals surface area contributed by atoms with E-state index in [2.05, 4.69) is 20.4 Å². The minimum atomic E-state index is -0.275. The molecule has 0 unspecified atom stereocenters. The lowest BCUT2D eigenvalue weighted by Crippen LogP contribution is -2.41. The molecule has 0 radical (unpaired) electrons. The zero-order valence-electron chi connectivity index (χ0n) is 15.8. The molecule has 0 bridgehead atoms. The second kappa shape index (κ2) is 6.18. The Labute approximate surface area is 156 Å². The normalized spacial score (nSPS) is 16.3. The molecule has 1 aromatic carbocycles. The first-order chi connectivity index (χ1) is 12.8. The summed E-state index contributed by atoms with van der Waals surface area (Å²) in [7, 11) is 0. The molecule has 0 amide bonds. The van der Waals surface area contributed by atoms with Gasteiger partial charge in [0.2, 0.25) is 5.95 Å². The van der Waals surface area contributed by atoms with Crippen LogP contribution in [-0.4, -0.2) is 26.3 Å². The highest BCUT2D eigenvalue weighted by Gasteiger charge is 2.38. The van der Waals surface area contributed by atoms with Gasteiger partial charge in [-0.2, -0.15) is 10.1 Å². The quantitative estimate of drug-likeness (QED) is 0.737. The molecule has 2 aromatic heterocycles. The molecule has 0 spiro atoms. The van der Waals surface area contributed by atoms with Crippen LogP contribution in [0.15, 0.2) is 35.3 Å². The van der Waals surface area contributed by atoms with E-state index in [1.54, 1.807) is 10.9 Å². The molecular weight excluding hydrogens is 345 g/mol. The summed E-state index contributed by atoms with van der Waals surface area (Å²) in [4.78, 5) is 19.8. The van der Waals surface area contributed by atoms with Crippen LogP contribution >= 0.6 is 0 Å². The van der Waals surface area contributed by atoms with E-state index in [-0.39, 0.29) is 22.3 Å². The van der Waals surface area contributed by atoms with Gasteiger partial charge in [0.25, 0.3) is 5.56 Å². The summed E-state index contributed by atoms with van der Waals surface area (Å²) in [6.07, 6.45) is 4.75. The number of nitrogens with one attached hydrogen (secondary N) is 2. The summed E-state index contributed by atoms with van der Waals surface area (Å²) in [6, 6.07) is 6.71. The fraction of sp³-hybridized carbons (Fsp3) is 0.450. The third-order valence-corrected chi connectivity index (χ3v) is 5.43. The smallest absolute Gasteiger partial charge is 0.263 e. The van der Waals surface area contributed by atoms with Gasteiger partial charge >= 0.3 is 0 Å². The van der Waals surface area contributed by atoms with Crippen LogP contribution in [0.3, 0.4) is 0 Å². The zero-order valence-corrected chi connectivity index (χ0v) is 15.8. The van der Waals surface area contributed by atoms with E-state index in [4.69, 9.17) is 0 Å². The van der Waals surface area contributed by atoms with E-state index in [1.165, 1.54) is 12.1 Å². The van der Waals surface area contributed by atoms with Gasteiger partial charge in [0.05, 0.1) is 11.7 Å². The average molecular weight is 369 g/mol. The Hall–Kier alpha value is -2.70. The van der Waals surface area contributed by atoms with Crippen molar-refractivity contribution < 1.29 is 4.39 Å². The van der Waals surface area contributed by atoms with Crippen molar-refractivity contribution in [1.29, 1.82) is 0 Å². The Kier molecular flexibility index (Phi) is 4.05. The van der Waals surface area contributed by atoms with Gasteiger partial charge in [-0.3, -0.25) is 9.78 Å². The van der Waals surface area contributed by atoms with Crippen molar-refractivity contribution in [3.63, 3.8) is 0 Å². The van der Waals surface area contributed by atoms with Gasteiger partial charge in [-0.15, -0.1) is 0 Å². The number of fused-ring (bicyclic) bond motifs is 1. The van der Waals surface area contributed by atoms with Crippen LogP contribution in [-0.2, 0) is 11.0 Å². The summed E-state index contributed by atoms with van der Waals surface area (Å²) < 4.78 is 15.0. The molecule has 1 aliphatic rings. The lowest BCUT2D eigenvalue weighted by molar-refractivity contribution is 0.259. The lowest BCUT2D eigenvalue weighted by Gasteiger charge is -2.42. The minimum absolute atomic E-state index is 0.0501. The van der Waals surface area contributed by atoms with Crippen molar-refractivity contribution in [3.05, 3.63) is 52.2 Å². The fourth-order valence-electron chi connectivity index (χ4n) is 3.72. The number of hydrogen-bond acceptors (Lipinski definition) is 4. The Balaban J connectivity index is 1.63. The predicted molar refractivity (Wildman–Crippen MR) is 104 cm³/mol. The number of hydrogen-bond donors (Lipinski definition) is 2. The van der Waals surface area contributed by atoms with E-state index in [0.717, 1.165) is 24.8 Å². The number of halogens is 1. The molecule has 6 nitrogen and oxygen atoms in total. The highest BCUT2D eigenvalue weighted by molar-refractivity contribution is 5.74. The molecule has 0 atom stereocenters. The number of aromatic nitrogens is 4. The zero-order chi connectivity index (χ0) is 19.2. The summed E-state index contributed by atoms with van der Waals surface area (Å²) in [5.41, 5.74) is 1.15. The van der Waals surface area contributed by atoms with E-state index in [9.17, 15) is 9.18 Å². The van der Waals surface area contributed by atoms with Crippen LogP contribution in [0.5, 0.6) is 0 Å². The second-order valence-corrected chi connectivity index (χ2v) is 8.37. The van der Waals surface area contributed by atoms with Crippen molar-refractivity contribution in [2.75, 3.05) is 11.9 Å². The monoisotopic (exact) mass is 369 g/mol. The molecule has 1 aliphatic carbocycles. The number of nitrogens with zero attached hydrogens (tertiary/aromatic N) is 3. The number of H-pyrrole nitrogens is 1. The Bertz CT molecular complexity index is 1030. The Morgan fingerprint density at radius 2 is 1.96 bits per heavy atom. The second-order valence-electron chi connectivity index (χ2n) is 8.37. The van der Waals surface area contributed by atoms with Crippen LogP contribution < -0.4 is 10.9 Å². The van der Waals surface area contributed by atoms with Gasteiger partial charge < -0.3 is 5.32 Å². The molecule has 4 rings (SSSR count). The summed E-state index contributed by atoms with van der Waals surface area (Å²) in [5, 5.41) is 8.11. The van der Waals surface area contributed by atoms with Crippen LogP contribution in [0.25, 0.3) is 11.0 Å². The highest BCUT2D eigenvalue weighted by atomic mass is 19.1. The SMILES string of the molecule is CC(C)(C)n1ncc2c(=O)[nH]c(NCC3(c4ccc(F)cc4)CCC3)nc21. The van der Waals surface area contributed by atoms with E-state index < -0.39 is 0 Å². The van der Waals surface area contributed by atoms with Gasteiger partial charge in [-0.05, 0) is 51.3 Å². The van der Waals surface area contributed by atoms with Crippen LogP contribution in [0.2, 0.25) is 0 Å². The minimum Gasteiger partial charge on any atom is -0.355 e. The molecule has 0 aliphatic heterocycles. The van der Waals surface area contributed by atoms with Crippen molar-refractivity contribution in [2.45, 2.75) is 51.0 Å². The van der Waals surface area contributed by atoms with Crippen molar-refractivity contribution in [1.82, 2.24) is 19.7 Å². The number of anilines is 1. The topological polar surface area (TPSA) is 75.6 Å². The third-order valence-electron chi connectivity index (χ3n) is 5.43. The molecular formula is C20H24FN5O. The third kappa shape index (κ3) is 3.11. The standard InChI is InChI=1S/C20H24FN5O/c1-19(2,3)26-16-15(11-23-26)17(27)25-18(24-16)22-12-20(9-4-10-20)13-5-7-14(21)8-6-13/h5-8,11H,4,9-10,12H2,1-3H3,(H2,22,24,25,27). The fourth-order valence-corrected chi connectivity index (χ4v) is 3.72. The molecule has 27 heavy (non-hydrogen) atoms. The molecule has 3 aromatic rings. The maximum absolute atomic E-state index is 13.3. The van der Waals surface area contributed by atoms with Crippen LogP contribution in [0, 0.1) is 5.82 Å². The van der Waals surface area contributed by atoms with Gasteiger partial charge in [0.15, 0.2) is 5.65 Å². The van der Waals surface area contributed by atoms with Crippen LogP contribution in [0.1, 0.15) is 45.6 Å². The summed E-state index contributed by atoms with van der Waals surface area (Å²) in [5.74, 6) is 0.208. The van der Waals surface area contributed by atoms with Crippen molar-refractivity contribution >= 4 is 17.0 Å². The highest BCUT2D eigenvalue weighted by Crippen LogP contribution is 2.43. The summed E-state index contributed by atoms with van der Waals surface area (Å²) in [6.45, 7) is 6.70. The van der Waals surface area contributed by atoms with Crippen molar-refractivity contribution in [2.24, 2.45) is 0 Å². The van der Waals surface area contributed by atoms with Gasteiger partial charge in [-0.25, -0.2) is 9.07 Å². The predicted octanol–water partition coefficient (Wildman–Crippen LogP) is 3.55. The molecule has 7 heteroatoms. The van der Waals surface area contributed by atoms with Gasteiger partial charge in [0, 0.05) is 12.0 Å². The molecule has 142 valence electrons. The molecule has 2 N–H and O–H groups in total. The summed E-state index contributed by atoms with van der Waals surface area (Å²) >= 11 is 0. The first kappa shape index (κ1) is 17.7. The first-order valence-electron chi connectivity index (χ1n) is 9.27.